The molecule has 216 valence electrons. The molecule has 0 aliphatic rings. The summed E-state index contributed by atoms with van der Waals surface area (Å²) in [5.74, 6) is -1.34. The van der Waals surface area contributed by atoms with E-state index in [-0.39, 0.29) is 32.8 Å². The molecule has 0 aromatic heterocycles. The molecule has 0 bridgehead atoms. The van der Waals surface area contributed by atoms with Crippen LogP contribution in [0, 0.1) is 5.41 Å². The quantitative estimate of drug-likeness (QED) is 0.128. The summed E-state index contributed by atoms with van der Waals surface area (Å²) in [5, 5.41) is 0. The van der Waals surface area contributed by atoms with Crippen LogP contribution >= 0.6 is 0 Å². The van der Waals surface area contributed by atoms with Crippen LogP contribution < -0.4 is 0 Å². The number of amides is 1. The van der Waals surface area contributed by atoms with Crippen molar-refractivity contribution < 1.29 is 58.9 Å². The Morgan fingerprint density at radius 3 is 1.65 bits per heavy atom. The van der Waals surface area contributed by atoms with Crippen LogP contribution in [0.4, 0.5) is 35.1 Å². The first-order valence-electron chi connectivity index (χ1n) is 11.0. The predicted octanol–water partition coefficient (Wildman–Crippen LogP) is 6.01. The lowest BCUT2D eigenvalue weighted by Gasteiger charge is -2.38. The Labute approximate surface area is 210 Å². The van der Waals surface area contributed by atoms with Crippen LogP contribution in [-0.2, 0) is 23.7 Å². The molecule has 6 nitrogen and oxygen atoms in total. The van der Waals surface area contributed by atoms with E-state index in [2.05, 4.69) is 38.7 Å². The molecule has 14 heteroatoms. The SMILES string of the molecule is C=CCC(CC=C)(CC=C)CN(CC(F)(F)OC(F)(F)COCC)C(=O)COCC(F)(F)OC(C)(F)F. The van der Waals surface area contributed by atoms with Crippen molar-refractivity contribution in [1.82, 2.24) is 4.90 Å². The minimum Gasteiger partial charge on any atom is -0.373 e. The Kier molecular flexibility index (Phi) is 14.0. The lowest BCUT2D eigenvalue weighted by atomic mass is 9.77. The van der Waals surface area contributed by atoms with Gasteiger partial charge in [0.15, 0.2) is 0 Å². The van der Waals surface area contributed by atoms with Crippen molar-refractivity contribution in [3.8, 4) is 0 Å². The fourth-order valence-corrected chi connectivity index (χ4v) is 3.36. The Morgan fingerprint density at radius 1 is 0.757 bits per heavy atom. The van der Waals surface area contributed by atoms with Crippen molar-refractivity contribution in [2.45, 2.75) is 57.5 Å². The fourth-order valence-electron chi connectivity index (χ4n) is 3.36. The van der Waals surface area contributed by atoms with E-state index < -0.39 is 68.7 Å². The summed E-state index contributed by atoms with van der Waals surface area (Å²) in [6.07, 6.45) is -13.1. The van der Waals surface area contributed by atoms with Gasteiger partial charge in [-0.25, -0.2) is 0 Å². The van der Waals surface area contributed by atoms with Crippen molar-refractivity contribution >= 4 is 5.91 Å². The minimum absolute atomic E-state index is 0.0512. The van der Waals surface area contributed by atoms with Gasteiger partial charge in [-0.15, -0.1) is 19.7 Å². The fraction of sp³-hybridized carbons (Fsp3) is 0.696. The second kappa shape index (κ2) is 14.8. The molecule has 0 unspecified atom stereocenters. The maximum Gasteiger partial charge on any atom is 0.383 e. The standard InChI is InChI=1S/C23H33F8NO5/c1-6-10-20(11-7-2,12-8-3)14-32(15-21(26,27)37-23(30,31)16-34-9-4)18(33)13-35-17-22(28,29)36-19(5,24)25/h6-8H,1-3,9-17H2,4-5H3. The highest BCUT2D eigenvalue weighted by atomic mass is 19.3. The first-order chi connectivity index (χ1) is 16.9. The van der Waals surface area contributed by atoms with Crippen LogP contribution in [0.3, 0.4) is 0 Å². The van der Waals surface area contributed by atoms with Crippen LogP contribution in [0.5, 0.6) is 0 Å². The summed E-state index contributed by atoms with van der Waals surface area (Å²) in [6.45, 7) is 5.11. The van der Waals surface area contributed by atoms with E-state index in [1.807, 2.05) is 0 Å². The number of ether oxygens (including phenoxy) is 4. The molecule has 0 aromatic carbocycles. The summed E-state index contributed by atoms with van der Waals surface area (Å²) in [6, 6.07) is 0. The van der Waals surface area contributed by atoms with Gasteiger partial charge in [0.25, 0.3) is 0 Å². The molecule has 0 spiro atoms. The van der Waals surface area contributed by atoms with E-state index in [0.29, 0.717) is 4.90 Å². The lowest BCUT2D eigenvalue weighted by Crippen LogP contribution is -2.51. The summed E-state index contributed by atoms with van der Waals surface area (Å²) in [7, 11) is 0. The maximum absolute atomic E-state index is 14.5. The van der Waals surface area contributed by atoms with Crippen LogP contribution in [0.1, 0.15) is 33.1 Å². The molecule has 0 saturated carbocycles. The van der Waals surface area contributed by atoms with E-state index in [4.69, 9.17) is 0 Å². The Bertz CT molecular complexity index is 717. The average molecular weight is 556 g/mol. The molecule has 0 fully saturated rings. The number of allylic oxidation sites excluding steroid dienone is 3. The Morgan fingerprint density at radius 2 is 1.22 bits per heavy atom. The van der Waals surface area contributed by atoms with Gasteiger partial charge in [0, 0.05) is 20.1 Å². The molecule has 0 aromatic rings. The van der Waals surface area contributed by atoms with Gasteiger partial charge < -0.3 is 14.4 Å². The molecule has 1 amide bonds. The molecule has 37 heavy (non-hydrogen) atoms. The minimum atomic E-state index is -4.62. The normalized spacial score (nSPS) is 13.4. The topological polar surface area (TPSA) is 57.2 Å². The van der Waals surface area contributed by atoms with Crippen molar-refractivity contribution in [2.75, 3.05) is 39.5 Å². The van der Waals surface area contributed by atoms with Gasteiger partial charge in [0.05, 0.1) is 0 Å². The van der Waals surface area contributed by atoms with Crippen LogP contribution in [-0.4, -0.2) is 74.8 Å². The highest BCUT2D eigenvalue weighted by Crippen LogP contribution is 2.36. The van der Waals surface area contributed by atoms with Gasteiger partial charge in [0.1, 0.15) is 26.4 Å². The molecule has 0 radical (unpaired) electrons. The number of hydrogen-bond donors (Lipinski definition) is 0. The second-order valence-corrected chi connectivity index (χ2v) is 8.28. The number of carbonyl (C=O) groups excluding carboxylic acids is 1. The van der Waals surface area contributed by atoms with Crippen LogP contribution in [0.15, 0.2) is 38.0 Å². The summed E-state index contributed by atoms with van der Waals surface area (Å²) >= 11 is 0. The van der Waals surface area contributed by atoms with Gasteiger partial charge in [-0.1, -0.05) is 18.2 Å². The van der Waals surface area contributed by atoms with Crippen LogP contribution in [0.2, 0.25) is 0 Å². The zero-order valence-corrected chi connectivity index (χ0v) is 20.7. The first-order valence-corrected chi connectivity index (χ1v) is 11.0. The van der Waals surface area contributed by atoms with Gasteiger partial charge in [-0.2, -0.15) is 35.1 Å². The average Bonchev–Trinajstić information content (AvgIpc) is 2.69. The van der Waals surface area contributed by atoms with Crippen molar-refractivity contribution in [3.63, 3.8) is 0 Å². The van der Waals surface area contributed by atoms with E-state index in [1.54, 1.807) is 0 Å². The van der Waals surface area contributed by atoms with Crippen molar-refractivity contribution in [2.24, 2.45) is 5.41 Å². The van der Waals surface area contributed by atoms with Gasteiger partial charge in [-0.05, 0) is 31.6 Å². The second-order valence-electron chi connectivity index (χ2n) is 8.28. The smallest absolute Gasteiger partial charge is 0.373 e. The van der Waals surface area contributed by atoms with Crippen molar-refractivity contribution in [3.05, 3.63) is 38.0 Å². The zero-order chi connectivity index (χ0) is 29.0. The molecule has 0 aliphatic heterocycles. The summed E-state index contributed by atoms with van der Waals surface area (Å²) in [5.41, 5.74) is -1.01. The molecule has 0 saturated heterocycles. The number of carbonyl (C=O) groups is 1. The molecule has 0 N–H and O–H groups in total. The highest BCUT2D eigenvalue weighted by molar-refractivity contribution is 5.77. The molecule has 0 heterocycles. The van der Waals surface area contributed by atoms with Crippen LogP contribution in [0.25, 0.3) is 0 Å². The number of rotatable bonds is 21. The van der Waals surface area contributed by atoms with Gasteiger partial charge in [0.2, 0.25) is 5.91 Å². The zero-order valence-electron chi connectivity index (χ0n) is 20.7. The molecular weight excluding hydrogens is 522 g/mol. The Hall–Kier alpha value is -2.03. The highest BCUT2D eigenvalue weighted by Gasteiger charge is 2.47. The van der Waals surface area contributed by atoms with E-state index in [0.717, 1.165) is 0 Å². The van der Waals surface area contributed by atoms with E-state index in [9.17, 15) is 39.9 Å². The van der Waals surface area contributed by atoms with Crippen molar-refractivity contribution in [1.29, 1.82) is 0 Å². The maximum atomic E-state index is 14.5. The third kappa shape index (κ3) is 15.1. The molecule has 0 rings (SSSR count). The largest absolute Gasteiger partial charge is 0.383 e. The molecule has 0 aliphatic carbocycles. The van der Waals surface area contributed by atoms with Gasteiger partial charge >= 0.3 is 24.4 Å². The number of halogens is 8. The van der Waals surface area contributed by atoms with E-state index in [1.165, 1.54) is 25.2 Å². The lowest BCUT2D eigenvalue weighted by molar-refractivity contribution is -0.386. The number of nitrogens with zero attached hydrogens (tertiary/aromatic N) is 1. The Balaban J connectivity index is 5.84. The molecular formula is C23H33F8NO5. The molecule has 0 atom stereocenters. The monoisotopic (exact) mass is 555 g/mol. The van der Waals surface area contributed by atoms with Gasteiger partial charge in [-0.3, -0.25) is 14.3 Å². The third-order valence-corrected chi connectivity index (χ3v) is 4.58. The van der Waals surface area contributed by atoms with E-state index >= 15 is 0 Å². The summed E-state index contributed by atoms with van der Waals surface area (Å²) in [4.78, 5) is 13.1. The predicted molar refractivity (Wildman–Crippen MR) is 118 cm³/mol. The number of alkyl halides is 8. The third-order valence-electron chi connectivity index (χ3n) is 4.58. The number of hydrogen-bond acceptors (Lipinski definition) is 5. The first kappa shape index (κ1) is 35.0. The summed E-state index contributed by atoms with van der Waals surface area (Å²) < 4.78 is 125.